The van der Waals surface area contributed by atoms with Crippen LogP contribution >= 0.6 is 0 Å². The van der Waals surface area contributed by atoms with Crippen molar-refractivity contribution in [3.05, 3.63) is 77.4 Å². The highest BCUT2D eigenvalue weighted by atomic mass is 16.6. The fraction of sp³-hybridized carbons (Fsp3) is 0.500. The molecule has 0 radical (unpaired) electrons. The Bertz CT molecular complexity index is 1200. The van der Waals surface area contributed by atoms with Crippen molar-refractivity contribution in [3.63, 3.8) is 0 Å². The Morgan fingerprint density at radius 2 is 1.62 bits per heavy atom. The average Bonchev–Trinajstić information content (AvgIpc) is 2.96. The summed E-state index contributed by atoms with van der Waals surface area (Å²) < 4.78 is 22.4. The first-order valence-corrected chi connectivity index (χ1v) is 14.7. The fourth-order valence-electron chi connectivity index (χ4n) is 4.49. The summed E-state index contributed by atoms with van der Waals surface area (Å²) in [5.74, 6) is -1.02. The van der Waals surface area contributed by atoms with Crippen molar-refractivity contribution in [3.8, 4) is 0 Å². The molecule has 0 saturated heterocycles. The van der Waals surface area contributed by atoms with Crippen LogP contribution in [0.3, 0.4) is 0 Å². The number of carbonyl (C=O) groups is 3. The van der Waals surface area contributed by atoms with Crippen molar-refractivity contribution in [2.75, 3.05) is 20.3 Å². The smallest absolute Gasteiger partial charge is 0.410 e. The molecule has 1 amide bonds. The van der Waals surface area contributed by atoms with E-state index in [0.29, 0.717) is 32.0 Å². The second-order valence-electron chi connectivity index (χ2n) is 12.1. The molecular weight excluding hydrogens is 534 g/mol. The van der Waals surface area contributed by atoms with Crippen molar-refractivity contribution < 1.29 is 33.3 Å². The lowest BCUT2D eigenvalue weighted by Crippen LogP contribution is -2.47. The fourth-order valence-corrected chi connectivity index (χ4v) is 4.49. The Morgan fingerprint density at radius 3 is 2.21 bits per heavy atom. The summed E-state index contributed by atoms with van der Waals surface area (Å²) >= 11 is 0. The molecule has 0 N–H and O–H groups in total. The number of rotatable bonds is 12. The maximum absolute atomic E-state index is 13.6. The number of benzene rings is 2. The van der Waals surface area contributed by atoms with Crippen molar-refractivity contribution in [2.24, 2.45) is 5.92 Å². The average molecular weight is 580 g/mol. The van der Waals surface area contributed by atoms with Crippen LogP contribution in [0.5, 0.6) is 0 Å². The highest BCUT2D eigenvalue weighted by molar-refractivity contribution is 5.85. The predicted octanol–water partition coefficient (Wildman–Crippen LogP) is 6.36. The molecule has 2 atom stereocenters. The highest BCUT2D eigenvalue weighted by Gasteiger charge is 2.35. The van der Waals surface area contributed by atoms with Crippen LogP contribution < -0.4 is 0 Å². The lowest BCUT2D eigenvalue weighted by atomic mass is 9.98. The summed E-state index contributed by atoms with van der Waals surface area (Å²) in [5, 5.41) is 0. The van der Waals surface area contributed by atoms with Crippen LogP contribution in [-0.2, 0) is 41.6 Å². The van der Waals surface area contributed by atoms with Gasteiger partial charge in [0.05, 0.1) is 13.2 Å². The van der Waals surface area contributed by atoms with E-state index in [0.717, 1.165) is 23.1 Å². The van der Waals surface area contributed by atoms with Crippen LogP contribution in [0.4, 0.5) is 4.79 Å². The monoisotopic (exact) mass is 579 g/mol. The lowest BCUT2D eigenvalue weighted by molar-refractivity contribution is -0.171. The molecule has 0 aliphatic carbocycles. The highest BCUT2D eigenvalue weighted by Crippen LogP contribution is 2.23. The van der Waals surface area contributed by atoms with Gasteiger partial charge < -0.3 is 18.9 Å². The molecule has 1 heterocycles. The molecular formula is C34H45NO7. The van der Waals surface area contributed by atoms with Crippen molar-refractivity contribution >= 4 is 23.6 Å². The number of esters is 2. The molecule has 1 aliphatic heterocycles. The number of carbonyl (C=O) groups excluding carboxylic acids is 3. The minimum Gasteiger partial charge on any atom is -0.458 e. The van der Waals surface area contributed by atoms with Gasteiger partial charge in [-0.15, -0.1) is 0 Å². The second kappa shape index (κ2) is 15.5. The van der Waals surface area contributed by atoms with E-state index in [1.807, 2.05) is 68.4 Å². The molecule has 1 aliphatic rings. The van der Waals surface area contributed by atoms with Crippen LogP contribution in [0.1, 0.15) is 70.6 Å². The molecule has 2 aromatic carbocycles. The summed E-state index contributed by atoms with van der Waals surface area (Å²) in [7, 11) is 1.52. The van der Waals surface area contributed by atoms with E-state index < -0.39 is 35.8 Å². The molecule has 3 rings (SSSR count). The Labute approximate surface area is 250 Å². The summed E-state index contributed by atoms with van der Waals surface area (Å²) in [6.45, 7) is 10.7. The Kier molecular flexibility index (Phi) is 12.2. The summed E-state index contributed by atoms with van der Waals surface area (Å²) in [6.07, 6.45) is 2.27. The zero-order chi connectivity index (χ0) is 30.7. The van der Waals surface area contributed by atoms with Crippen LogP contribution in [0, 0.1) is 5.92 Å². The normalized spacial score (nSPS) is 14.9. The van der Waals surface area contributed by atoms with E-state index >= 15 is 0 Å². The second-order valence-corrected chi connectivity index (χ2v) is 12.1. The van der Waals surface area contributed by atoms with Gasteiger partial charge in [-0.2, -0.15) is 0 Å². The molecule has 2 aromatic rings. The van der Waals surface area contributed by atoms with Crippen LogP contribution in [0.25, 0.3) is 5.57 Å². The number of ether oxygens (including phenoxy) is 4. The van der Waals surface area contributed by atoms with Gasteiger partial charge in [-0.25, -0.2) is 14.4 Å². The van der Waals surface area contributed by atoms with Crippen LogP contribution in [0.15, 0.2) is 60.7 Å². The standard InChI is InChI=1S/C34H45NO7/c1-24(2)12-17-29(35(6)33(38)42-34(3,4)5)31(36)41-30(32(37)40-23-26-10-8-7-9-11-26)22-25-13-15-27(16-14-25)28-18-20-39-21-19-28/h7-11,13-16,18,24,29-30H,12,17,19-23H2,1-6H3/t29-,30+/m0/s1. The van der Waals surface area contributed by atoms with Crippen LogP contribution in [-0.4, -0.2) is 60.9 Å². The molecule has 8 nitrogen and oxygen atoms in total. The largest absolute Gasteiger partial charge is 0.458 e. The zero-order valence-electron chi connectivity index (χ0n) is 25.8. The molecule has 0 spiro atoms. The number of likely N-dealkylation sites (N-methyl/N-ethyl adjacent to an activating group) is 1. The molecule has 0 saturated carbocycles. The third-order valence-electron chi connectivity index (χ3n) is 6.89. The van der Waals surface area contributed by atoms with Crippen LogP contribution in [0.2, 0.25) is 0 Å². The van der Waals surface area contributed by atoms with Gasteiger partial charge in [-0.3, -0.25) is 4.90 Å². The number of hydrogen-bond donors (Lipinski definition) is 0. The van der Waals surface area contributed by atoms with E-state index in [-0.39, 0.29) is 13.0 Å². The number of amides is 1. The molecule has 8 heteroatoms. The van der Waals surface area contributed by atoms with Gasteiger partial charge >= 0.3 is 18.0 Å². The quantitative estimate of drug-likeness (QED) is 0.213. The third-order valence-corrected chi connectivity index (χ3v) is 6.89. The molecule has 0 aromatic heterocycles. The van der Waals surface area contributed by atoms with Gasteiger partial charge in [-0.1, -0.05) is 74.5 Å². The maximum atomic E-state index is 13.6. The van der Waals surface area contributed by atoms with E-state index in [4.69, 9.17) is 18.9 Å². The number of nitrogens with zero attached hydrogens (tertiary/aromatic N) is 1. The molecule has 228 valence electrons. The molecule has 42 heavy (non-hydrogen) atoms. The first-order chi connectivity index (χ1) is 19.9. The van der Waals surface area contributed by atoms with E-state index in [1.165, 1.54) is 17.5 Å². The topological polar surface area (TPSA) is 91.4 Å². The summed E-state index contributed by atoms with van der Waals surface area (Å²) in [5.41, 5.74) is 3.23. The van der Waals surface area contributed by atoms with Crippen molar-refractivity contribution in [2.45, 2.75) is 84.7 Å². The Morgan fingerprint density at radius 1 is 0.929 bits per heavy atom. The molecule has 0 fully saturated rings. The van der Waals surface area contributed by atoms with E-state index in [9.17, 15) is 14.4 Å². The SMILES string of the molecule is CC(C)CC[C@@H](C(=O)O[C@H](Cc1ccc(C2=CCOCC2)cc1)C(=O)OCc1ccccc1)N(C)C(=O)OC(C)(C)C. The zero-order valence-corrected chi connectivity index (χ0v) is 25.8. The lowest BCUT2D eigenvalue weighted by Gasteiger charge is -2.30. The van der Waals surface area contributed by atoms with Crippen molar-refractivity contribution in [1.29, 1.82) is 0 Å². The van der Waals surface area contributed by atoms with Gasteiger partial charge in [0.15, 0.2) is 0 Å². The van der Waals surface area contributed by atoms with Gasteiger partial charge in [-0.05, 0) is 68.2 Å². The minimum absolute atomic E-state index is 0.0531. The van der Waals surface area contributed by atoms with E-state index in [1.54, 1.807) is 20.8 Å². The predicted molar refractivity (Wildman–Crippen MR) is 162 cm³/mol. The summed E-state index contributed by atoms with van der Waals surface area (Å²) in [6, 6.07) is 16.3. The van der Waals surface area contributed by atoms with Crippen molar-refractivity contribution in [1.82, 2.24) is 4.90 Å². The first kappa shape index (κ1) is 32.9. The minimum atomic E-state index is -1.19. The number of hydrogen-bond acceptors (Lipinski definition) is 7. The van der Waals surface area contributed by atoms with Gasteiger partial charge in [0.1, 0.15) is 18.2 Å². The maximum Gasteiger partial charge on any atom is 0.410 e. The molecule has 0 bridgehead atoms. The van der Waals surface area contributed by atoms with Gasteiger partial charge in [0, 0.05) is 13.5 Å². The van der Waals surface area contributed by atoms with E-state index in [2.05, 4.69) is 6.08 Å². The summed E-state index contributed by atoms with van der Waals surface area (Å²) in [4.78, 5) is 41.1. The first-order valence-electron chi connectivity index (χ1n) is 14.7. The Hall–Kier alpha value is -3.65. The third kappa shape index (κ3) is 10.6. The molecule has 0 unspecified atom stereocenters. The van der Waals surface area contributed by atoms with Gasteiger partial charge in [0.25, 0.3) is 0 Å². The van der Waals surface area contributed by atoms with Gasteiger partial charge in [0.2, 0.25) is 6.10 Å². The Balaban J connectivity index is 1.80.